The van der Waals surface area contributed by atoms with E-state index in [1.54, 1.807) is 24.3 Å². The minimum atomic E-state index is -1.21. The van der Waals surface area contributed by atoms with Crippen molar-refractivity contribution in [2.45, 2.75) is 6.92 Å². The van der Waals surface area contributed by atoms with Crippen LogP contribution in [0.4, 0.5) is 0 Å². The molecule has 0 atom stereocenters. The van der Waals surface area contributed by atoms with Crippen LogP contribution in [0.25, 0.3) is 0 Å². The average molecular weight is 163 g/mol. The number of hydrogen-bond donors (Lipinski definition) is 1. The lowest BCUT2D eigenvalue weighted by molar-refractivity contribution is -0.132. The Morgan fingerprint density at radius 1 is 1.42 bits per heavy atom. The highest BCUT2D eigenvalue weighted by molar-refractivity contribution is 5.91. The molecule has 0 amide bonds. The van der Waals surface area contributed by atoms with Gasteiger partial charge in [-0.3, -0.25) is 0 Å². The van der Waals surface area contributed by atoms with E-state index in [-0.39, 0.29) is 5.57 Å². The average Bonchev–Trinajstić information content (AvgIpc) is 2.04. The first-order valence-corrected chi connectivity index (χ1v) is 3.35. The first-order valence-electron chi connectivity index (χ1n) is 3.35. The van der Waals surface area contributed by atoms with Crippen LogP contribution in [-0.4, -0.2) is 11.1 Å². The number of nitriles is 1. The molecule has 0 unspecified atom stereocenters. The van der Waals surface area contributed by atoms with E-state index in [1.165, 1.54) is 12.2 Å². The maximum atomic E-state index is 10.3. The van der Waals surface area contributed by atoms with Crippen LogP contribution in [0.5, 0.6) is 0 Å². The Morgan fingerprint density at radius 3 is 2.50 bits per heavy atom. The van der Waals surface area contributed by atoms with E-state index in [2.05, 4.69) is 0 Å². The molecule has 0 rings (SSSR count). The molecule has 0 saturated carbocycles. The highest BCUT2D eigenvalue weighted by atomic mass is 16.4. The van der Waals surface area contributed by atoms with Crippen LogP contribution in [0.15, 0.2) is 36.0 Å². The number of nitrogens with zero attached hydrogens (tertiary/aromatic N) is 1. The summed E-state index contributed by atoms with van der Waals surface area (Å²) < 4.78 is 0. The van der Waals surface area contributed by atoms with Gasteiger partial charge >= 0.3 is 5.97 Å². The zero-order valence-corrected chi connectivity index (χ0v) is 6.69. The van der Waals surface area contributed by atoms with E-state index in [1.807, 2.05) is 6.92 Å². The second-order valence-corrected chi connectivity index (χ2v) is 1.91. The molecule has 0 saturated heterocycles. The lowest BCUT2D eigenvalue weighted by Gasteiger charge is -1.83. The smallest absolute Gasteiger partial charge is 0.346 e. The molecule has 3 heteroatoms. The third-order valence-corrected chi connectivity index (χ3v) is 1.03. The van der Waals surface area contributed by atoms with Crippen molar-refractivity contribution in [1.82, 2.24) is 0 Å². The molecule has 0 aliphatic carbocycles. The predicted molar refractivity (Wildman–Crippen MR) is 45.3 cm³/mol. The molecule has 1 N–H and O–H groups in total. The molecule has 0 radical (unpaired) electrons. The number of aliphatic carboxylic acids is 1. The Labute approximate surface area is 70.9 Å². The van der Waals surface area contributed by atoms with Gasteiger partial charge in [-0.05, 0) is 13.0 Å². The topological polar surface area (TPSA) is 61.1 Å². The molecule has 3 nitrogen and oxygen atoms in total. The van der Waals surface area contributed by atoms with E-state index in [0.29, 0.717) is 0 Å². The fourth-order valence-electron chi connectivity index (χ4n) is 0.483. The van der Waals surface area contributed by atoms with Gasteiger partial charge in [0.25, 0.3) is 0 Å². The minimum absolute atomic E-state index is 0.268. The van der Waals surface area contributed by atoms with Crippen molar-refractivity contribution in [2.24, 2.45) is 0 Å². The van der Waals surface area contributed by atoms with Crippen molar-refractivity contribution in [3.8, 4) is 6.07 Å². The number of carboxylic acids is 1. The van der Waals surface area contributed by atoms with E-state index in [0.717, 1.165) is 0 Å². The van der Waals surface area contributed by atoms with Gasteiger partial charge < -0.3 is 5.11 Å². The molecule has 0 aliphatic heterocycles. The monoisotopic (exact) mass is 163 g/mol. The SMILES string of the molecule is C/C=C/C=C/C=C(\C#N)C(=O)O. The van der Waals surface area contributed by atoms with Gasteiger partial charge in [-0.15, -0.1) is 0 Å². The second-order valence-electron chi connectivity index (χ2n) is 1.91. The van der Waals surface area contributed by atoms with Gasteiger partial charge in [0.05, 0.1) is 0 Å². The Morgan fingerprint density at radius 2 is 2.08 bits per heavy atom. The third-order valence-electron chi connectivity index (χ3n) is 1.03. The first kappa shape index (κ1) is 10.2. The molecule has 0 spiro atoms. The molecule has 0 bridgehead atoms. The fourth-order valence-corrected chi connectivity index (χ4v) is 0.483. The molecule has 12 heavy (non-hydrogen) atoms. The zero-order chi connectivity index (χ0) is 9.40. The van der Waals surface area contributed by atoms with E-state index < -0.39 is 5.97 Å². The van der Waals surface area contributed by atoms with Crippen LogP contribution in [0, 0.1) is 11.3 Å². The minimum Gasteiger partial charge on any atom is -0.477 e. The van der Waals surface area contributed by atoms with Crippen molar-refractivity contribution in [2.75, 3.05) is 0 Å². The number of carboxylic acid groups (broad SMARTS) is 1. The Hall–Kier alpha value is -1.82. The van der Waals surface area contributed by atoms with E-state index >= 15 is 0 Å². The fraction of sp³-hybridized carbons (Fsp3) is 0.111. The van der Waals surface area contributed by atoms with Gasteiger partial charge in [-0.25, -0.2) is 4.79 Å². The predicted octanol–water partition coefficient (Wildman–Crippen LogP) is 1.65. The molecule has 0 aromatic carbocycles. The summed E-state index contributed by atoms with van der Waals surface area (Å²) in [6.45, 7) is 1.84. The van der Waals surface area contributed by atoms with Gasteiger partial charge in [0, 0.05) is 0 Å². The van der Waals surface area contributed by atoms with Crippen molar-refractivity contribution in [1.29, 1.82) is 5.26 Å². The van der Waals surface area contributed by atoms with Crippen molar-refractivity contribution in [3.63, 3.8) is 0 Å². The standard InChI is InChI=1S/C9H9NO2/c1-2-3-4-5-6-8(7-10)9(11)12/h2-6H,1H3,(H,11,12)/b3-2+,5-4+,8-6+. The van der Waals surface area contributed by atoms with Gasteiger partial charge in [0.15, 0.2) is 0 Å². The lowest BCUT2D eigenvalue weighted by atomic mass is 10.2. The lowest BCUT2D eigenvalue weighted by Crippen LogP contribution is -1.96. The summed E-state index contributed by atoms with van der Waals surface area (Å²) in [5.74, 6) is -1.21. The maximum Gasteiger partial charge on any atom is 0.346 e. The van der Waals surface area contributed by atoms with Crippen molar-refractivity contribution < 1.29 is 9.90 Å². The van der Waals surface area contributed by atoms with Crippen molar-refractivity contribution in [3.05, 3.63) is 36.0 Å². The number of hydrogen-bond acceptors (Lipinski definition) is 2. The molecule has 0 aromatic heterocycles. The van der Waals surface area contributed by atoms with Crippen LogP contribution < -0.4 is 0 Å². The van der Waals surface area contributed by atoms with E-state index in [9.17, 15) is 4.79 Å². The Bertz CT molecular complexity index is 279. The molecule has 62 valence electrons. The summed E-state index contributed by atoms with van der Waals surface area (Å²) in [7, 11) is 0. The van der Waals surface area contributed by atoms with Crippen LogP contribution in [-0.2, 0) is 4.79 Å². The Balaban J connectivity index is 4.34. The summed E-state index contributed by atoms with van der Waals surface area (Å²) in [6, 6.07) is 1.56. The summed E-state index contributed by atoms with van der Waals surface area (Å²) in [5, 5.41) is 16.7. The molecular formula is C9H9NO2. The van der Waals surface area contributed by atoms with Crippen LogP contribution in [0.2, 0.25) is 0 Å². The first-order chi connectivity index (χ1) is 5.72. The molecular weight excluding hydrogens is 154 g/mol. The van der Waals surface area contributed by atoms with Gasteiger partial charge in [-0.2, -0.15) is 5.26 Å². The van der Waals surface area contributed by atoms with Crippen LogP contribution in [0.3, 0.4) is 0 Å². The van der Waals surface area contributed by atoms with Crippen LogP contribution >= 0.6 is 0 Å². The number of carbonyl (C=O) groups is 1. The summed E-state index contributed by atoms with van der Waals surface area (Å²) in [6.07, 6.45) is 7.96. The molecule has 0 aromatic rings. The Kier molecular flexibility index (Phi) is 5.03. The van der Waals surface area contributed by atoms with Gasteiger partial charge in [0.1, 0.15) is 11.6 Å². The number of allylic oxidation sites excluding steroid dienone is 5. The molecule has 0 aliphatic rings. The van der Waals surface area contributed by atoms with Crippen molar-refractivity contribution >= 4 is 5.97 Å². The third kappa shape index (κ3) is 4.07. The normalized spacial score (nSPS) is 12.2. The summed E-state index contributed by atoms with van der Waals surface area (Å²) >= 11 is 0. The second kappa shape index (κ2) is 5.93. The largest absolute Gasteiger partial charge is 0.477 e. The molecule has 0 fully saturated rings. The highest BCUT2D eigenvalue weighted by Gasteiger charge is 2.01. The maximum absolute atomic E-state index is 10.3. The van der Waals surface area contributed by atoms with E-state index in [4.69, 9.17) is 10.4 Å². The molecule has 0 heterocycles. The van der Waals surface area contributed by atoms with Gasteiger partial charge in [-0.1, -0.05) is 24.3 Å². The highest BCUT2D eigenvalue weighted by Crippen LogP contribution is 1.92. The summed E-state index contributed by atoms with van der Waals surface area (Å²) in [4.78, 5) is 10.3. The van der Waals surface area contributed by atoms with Crippen LogP contribution in [0.1, 0.15) is 6.92 Å². The quantitative estimate of drug-likeness (QED) is 0.391. The summed E-state index contributed by atoms with van der Waals surface area (Å²) in [5.41, 5.74) is -0.268. The van der Waals surface area contributed by atoms with Gasteiger partial charge in [0.2, 0.25) is 0 Å². The number of rotatable bonds is 3. The zero-order valence-electron chi connectivity index (χ0n) is 6.69.